The van der Waals surface area contributed by atoms with Crippen molar-refractivity contribution in [2.45, 2.75) is 24.7 Å². The molecule has 1 aromatic rings. The van der Waals surface area contributed by atoms with Crippen molar-refractivity contribution >= 4 is 11.9 Å². The summed E-state index contributed by atoms with van der Waals surface area (Å²) >= 11 is 0. The Labute approximate surface area is 139 Å². The van der Waals surface area contributed by atoms with Gasteiger partial charge in [-0.3, -0.25) is 9.59 Å². The second-order valence-electron chi connectivity index (χ2n) is 6.65. The van der Waals surface area contributed by atoms with Crippen molar-refractivity contribution < 1.29 is 24.2 Å². The highest BCUT2D eigenvalue weighted by Crippen LogP contribution is 2.53. The van der Waals surface area contributed by atoms with Gasteiger partial charge in [0.1, 0.15) is 17.3 Å². The van der Waals surface area contributed by atoms with Gasteiger partial charge in [-0.25, -0.2) is 0 Å². The van der Waals surface area contributed by atoms with Gasteiger partial charge in [-0.2, -0.15) is 0 Å². The zero-order chi connectivity index (χ0) is 17.1. The first-order valence-corrected chi connectivity index (χ1v) is 8.01. The van der Waals surface area contributed by atoms with Crippen LogP contribution in [0.2, 0.25) is 0 Å². The molecule has 2 bridgehead atoms. The predicted octanol–water partition coefficient (Wildman–Crippen LogP) is 1.62. The third-order valence-corrected chi connectivity index (χ3v) is 5.48. The molecule has 24 heavy (non-hydrogen) atoms. The lowest BCUT2D eigenvalue weighted by atomic mass is 9.77. The van der Waals surface area contributed by atoms with Gasteiger partial charge >= 0.3 is 5.97 Å². The molecule has 0 aromatic heterocycles. The number of aliphatic carboxylic acids is 1. The summed E-state index contributed by atoms with van der Waals surface area (Å²) in [5.41, 5.74) is 0.192. The molecule has 6 heteroatoms. The Morgan fingerprint density at radius 3 is 2.75 bits per heavy atom. The Kier molecular flexibility index (Phi) is 3.22. The zero-order valence-electron chi connectivity index (χ0n) is 13.5. The van der Waals surface area contributed by atoms with Gasteiger partial charge in [0.15, 0.2) is 0 Å². The van der Waals surface area contributed by atoms with Crippen LogP contribution < -0.4 is 4.74 Å². The van der Waals surface area contributed by atoms with E-state index in [1.807, 2.05) is 37.3 Å². The molecule has 4 rings (SSSR count). The van der Waals surface area contributed by atoms with Gasteiger partial charge in [-0.05, 0) is 24.6 Å². The zero-order valence-corrected chi connectivity index (χ0v) is 13.5. The van der Waals surface area contributed by atoms with Crippen LogP contribution in [0.15, 0.2) is 36.4 Å². The van der Waals surface area contributed by atoms with Crippen molar-refractivity contribution in [3.8, 4) is 5.75 Å². The van der Waals surface area contributed by atoms with Crippen LogP contribution in [0.3, 0.4) is 0 Å². The Bertz CT molecular complexity index is 727. The van der Waals surface area contributed by atoms with Crippen LogP contribution in [-0.4, -0.2) is 47.2 Å². The molecular formula is C18H19NO5. The molecule has 1 aromatic carbocycles. The van der Waals surface area contributed by atoms with Crippen LogP contribution in [0.1, 0.15) is 18.5 Å². The molecule has 0 saturated carbocycles. The lowest BCUT2D eigenvalue weighted by Crippen LogP contribution is -2.39. The van der Waals surface area contributed by atoms with Gasteiger partial charge in [0, 0.05) is 0 Å². The summed E-state index contributed by atoms with van der Waals surface area (Å²) < 4.78 is 11.1. The molecule has 0 aliphatic carbocycles. The molecule has 126 valence electrons. The van der Waals surface area contributed by atoms with Crippen molar-refractivity contribution in [1.82, 2.24) is 4.90 Å². The van der Waals surface area contributed by atoms with E-state index in [9.17, 15) is 14.7 Å². The number of hydrogen-bond donors (Lipinski definition) is 1. The Morgan fingerprint density at radius 1 is 1.42 bits per heavy atom. The minimum atomic E-state index is -0.969. The lowest BCUT2D eigenvalue weighted by Gasteiger charge is -2.27. The van der Waals surface area contributed by atoms with Crippen LogP contribution in [0.4, 0.5) is 0 Å². The van der Waals surface area contributed by atoms with E-state index in [2.05, 4.69) is 0 Å². The molecule has 6 nitrogen and oxygen atoms in total. The van der Waals surface area contributed by atoms with Crippen LogP contribution in [0.5, 0.6) is 5.75 Å². The minimum Gasteiger partial charge on any atom is -0.497 e. The summed E-state index contributed by atoms with van der Waals surface area (Å²) in [5, 5.41) is 9.50. The van der Waals surface area contributed by atoms with Crippen molar-refractivity contribution in [2.75, 3.05) is 13.7 Å². The van der Waals surface area contributed by atoms with Crippen molar-refractivity contribution in [2.24, 2.45) is 11.8 Å². The summed E-state index contributed by atoms with van der Waals surface area (Å²) in [4.78, 5) is 26.3. The molecule has 3 aliphatic rings. The van der Waals surface area contributed by atoms with Gasteiger partial charge < -0.3 is 19.5 Å². The fraction of sp³-hybridized carbons (Fsp3) is 0.444. The van der Waals surface area contributed by atoms with E-state index < -0.39 is 29.5 Å². The Balaban J connectivity index is 1.63. The maximum atomic E-state index is 12.9. The molecule has 1 N–H and O–H groups in total. The molecular weight excluding hydrogens is 310 g/mol. The first-order chi connectivity index (χ1) is 11.5. The highest BCUT2D eigenvalue weighted by atomic mass is 16.5. The highest BCUT2D eigenvalue weighted by molar-refractivity contribution is 5.91. The SMILES string of the molecule is COc1ccc([C@@H](C)N2C[C@@]34C=C[C@@H](O3)[C@H](C(=O)O)[C@@H]4C2=O)cc1. The quantitative estimate of drug-likeness (QED) is 0.850. The standard InChI is InChI=1S/C18H19NO5/c1-10(11-3-5-12(23-2)6-4-11)19-9-18-8-7-13(24-18)14(17(21)22)15(18)16(19)20/h3-8,10,13-15H,9H2,1-2H3,(H,21,22)/t10-,13-,14+,15-,18-/m1/s1. The smallest absolute Gasteiger partial charge is 0.310 e. The normalized spacial score (nSPS) is 34.5. The molecule has 2 saturated heterocycles. The number of carbonyl (C=O) groups is 2. The first-order valence-electron chi connectivity index (χ1n) is 8.01. The monoisotopic (exact) mass is 329 g/mol. The van der Waals surface area contributed by atoms with E-state index >= 15 is 0 Å². The Hall–Kier alpha value is -2.34. The maximum absolute atomic E-state index is 12.9. The van der Waals surface area contributed by atoms with Gasteiger partial charge in [-0.15, -0.1) is 0 Å². The van der Waals surface area contributed by atoms with Gasteiger partial charge in [0.05, 0.1) is 31.7 Å². The van der Waals surface area contributed by atoms with Crippen LogP contribution >= 0.6 is 0 Å². The first kappa shape index (κ1) is 15.2. The molecule has 3 aliphatic heterocycles. The van der Waals surface area contributed by atoms with Crippen molar-refractivity contribution in [1.29, 1.82) is 0 Å². The molecule has 1 amide bonds. The molecule has 5 atom stereocenters. The third kappa shape index (κ3) is 1.92. The topological polar surface area (TPSA) is 76.1 Å². The number of amides is 1. The average molecular weight is 329 g/mol. The number of nitrogens with zero attached hydrogens (tertiary/aromatic N) is 1. The number of ether oxygens (including phenoxy) is 2. The number of carbonyl (C=O) groups excluding carboxylic acids is 1. The maximum Gasteiger partial charge on any atom is 0.310 e. The van der Waals surface area contributed by atoms with E-state index in [4.69, 9.17) is 9.47 Å². The summed E-state index contributed by atoms with van der Waals surface area (Å²) in [6.07, 6.45) is 3.17. The van der Waals surface area contributed by atoms with Gasteiger partial charge in [0.2, 0.25) is 5.91 Å². The fourth-order valence-corrected chi connectivity index (χ4v) is 4.20. The minimum absolute atomic E-state index is 0.141. The van der Waals surface area contributed by atoms with E-state index in [1.165, 1.54) is 0 Å². The fourth-order valence-electron chi connectivity index (χ4n) is 4.20. The van der Waals surface area contributed by atoms with Gasteiger partial charge in [-0.1, -0.05) is 24.3 Å². The van der Waals surface area contributed by atoms with Crippen LogP contribution in [0.25, 0.3) is 0 Å². The summed E-state index contributed by atoms with van der Waals surface area (Å²) in [7, 11) is 1.61. The number of rotatable bonds is 4. The molecule has 0 unspecified atom stereocenters. The van der Waals surface area contributed by atoms with E-state index in [0.717, 1.165) is 11.3 Å². The number of methoxy groups -OCH3 is 1. The number of carboxylic acid groups (broad SMARTS) is 1. The van der Waals surface area contributed by atoms with E-state index in [0.29, 0.717) is 6.54 Å². The summed E-state index contributed by atoms with van der Waals surface area (Å²) in [5.74, 6) is -1.78. The number of carboxylic acids is 1. The number of hydrogen-bond acceptors (Lipinski definition) is 4. The van der Waals surface area contributed by atoms with Crippen LogP contribution in [0, 0.1) is 11.8 Å². The van der Waals surface area contributed by atoms with Crippen molar-refractivity contribution in [3.05, 3.63) is 42.0 Å². The largest absolute Gasteiger partial charge is 0.497 e. The molecule has 2 fully saturated rings. The number of likely N-dealkylation sites (tertiary alicyclic amines) is 1. The highest BCUT2D eigenvalue weighted by Gasteiger charge is 2.67. The van der Waals surface area contributed by atoms with E-state index in [-0.39, 0.29) is 11.9 Å². The molecule has 0 radical (unpaired) electrons. The molecule has 3 heterocycles. The summed E-state index contributed by atoms with van der Waals surface area (Å²) in [6, 6.07) is 7.39. The predicted molar refractivity (Wildman–Crippen MR) is 84.5 cm³/mol. The second-order valence-corrected chi connectivity index (χ2v) is 6.65. The van der Waals surface area contributed by atoms with Gasteiger partial charge in [0.25, 0.3) is 0 Å². The number of benzene rings is 1. The third-order valence-electron chi connectivity index (χ3n) is 5.48. The summed E-state index contributed by atoms with van der Waals surface area (Å²) in [6.45, 7) is 2.34. The second kappa shape index (κ2) is 5.08. The Morgan fingerprint density at radius 2 is 2.12 bits per heavy atom. The van der Waals surface area contributed by atoms with Crippen LogP contribution in [-0.2, 0) is 14.3 Å². The lowest BCUT2D eigenvalue weighted by molar-refractivity contribution is -0.148. The van der Waals surface area contributed by atoms with Crippen molar-refractivity contribution in [3.63, 3.8) is 0 Å². The average Bonchev–Trinajstić information content (AvgIpc) is 3.22. The molecule has 1 spiro atoms. The number of fused-ring (bicyclic) bond motifs is 1. The van der Waals surface area contributed by atoms with E-state index in [1.54, 1.807) is 18.1 Å².